The van der Waals surface area contributed by atoms with E-state index < -0.39 is 0 Å². The summed E-state index contributed by atoms with van der Waals surface area (Å²) < 4.78 is 0. The van der Waals surface area contributed by atoms with Crippen LogP contribution in [0.5, 0.6) is 0 Å². The molecule has 0 spiro atoms. The topological polar surface area (TPSA) is 55.1 Å². The number of fused-ring (bicyclic) bond motifs is 1. The first-order chi connectivity index (χ1) is 8.16. The Kier molecular flexibility index (Phi) is 2.35. The summed E-state index contributed by atoms with van der Waals surface area (Å²) in [7, 11) is 0. The Hall–Kier alpha value is -1.51. The van der Waals surface area contributed by atoms with Crippen molar-refractivity contribution in [2.24, 2.45) is 17.8 Å². The summed E-state index contributed by atoms with van der Waals surface area (Å²) in [4.78, 5) is 12.1. The minimum Gasteiger partial charge on any atom is -0.397 e. The predicted octanol–water partition coefficient (Wildman–Crippen LogP) is 2.56. The molecule has 2 saturated carbocycles. The van der Waals surface area contributed by atoms with Gasteiger partial charge >= 0.3 is 0 Å². The second-order valence-corrected chi connectivity index (χ2v) is 5.36. The zero-order valence-corrected chi connectivity index (χ0v) is 10.1. The lowest BCUT2D eigenvalue weighted by molar-refractivity contribution is -0.118. The van der Waals surface area contributed by atoms with E-state index in [1.54, 1.807) is 0 Å². The molecule has 2 atom stereocenters. The van der Waals surface area contributed by atoms with Crippen LogP contribution >= 0.6 is 0 Å². The van der Waals surface area contributed by atoms with Crippen molar-refractivity contribution < 1.29 is 4.79 Å². The molecule has 0 radical (unpaired) electrons. The van der Waals surface area contributed by atoms with Crippen molar-refractivity contribution in [1.29, 1.82) is 0 Å². The minimum atomic E-state index is 0.162. The molecule has 2 aliphatic rings. The molecule has 90 valence electrons. The molecule has 0 aromatic heterocycles. The lowest BCUT2D eigenvalue weighted by Crippen LogP contribution is -2.17. The van der Waals surface area contributed by atoms with Crippen molar-refractivity contribution >= 4 is 17.3 Å². The highest BCUT2D eigenvalue weighted by molar-refractivity contribution is 5.97. The average molecular weight is 230 g/mol. The first-order valence-electron chi connectivity index (χ1n) is 6.34. The Balaban J connectivity index is 1.69. The van der Waals surface area contributed by atoms with Crippen LogP contribution in [0.4, 0.5) is 11.4 Å². The van der Waals surface area contributed by atoms with Crippen molar-refractivity contribution in [3.63, 3.8) is 0 Å². The van der Waals surface area contributed by atoms with Gasteiger partial charge in [0, 0.05) is 5.92 Å². The van der Waals surface area contributed by atoms with E-state index in [9.17, 15) is 4.79 Å². The van der Waals surface area contributed by atoms with Crippen LogP contribution in [0.1, 0.15) is 24.8 Å². The first kappa shape index (κ1) is 10.6. The van der Waals surface area contributed by atoms with Crippen molar-refractivity contribution in [2.75, 3.05) is 11.1 Å². The maximum absolute atomic E-state index is 12.1. The smallest absolute Gasteiger partial charge is 0.228 e. The number of rotatable bonds is 2. The first-order valence-corrected chi connectivity index (χ1v) is 6.34. The molecule has 17 heavy (non-hydrogen) atoms. The summed E-state index contributed by atoms with van der Waals surface area (Å²) in [5.74, 6) is 1.73. The van der Waals surface area contributed by atoms with Crippen molar-refractivity contribution in [3.05, 3.63) is 23.8 Å². The second-order valence-electron chi connectivity index (χ2n) is 5.36. The standard InChI is InChI=1S/C14H18N2O/c1-8-5-6-12(11(15)7-8)16-14(17)13-9-3-2-4-10(9)13/h5-7,9-10,13H,2-4,15H2,1H3,(H,16,17). The van der Waals surface area contributed by atoms with E-state index in [1.165, 1.54) is 19.3 Å². The number of anilines is 2. The normalized spacial score (nSPS) is 29.8. The number of amides is 1. The van der Waals surface area contributed by atoms with Gasteiger partial charge in [-0.15, -0.1) is 0 Å². The molecule has 3 nitrogen and oxygen atoms in total. The van der Waals surface area contributed by atoms with Crippen LogP contribution < -0.4 is 11.1 Å². The van der Waals surface area contributed by atoms with E-state index in [4.69, 9.17) is 5.73 Å². The molecule has 3 N–H and O–H groups in total. The fourth-order valence-electron chi connectivity index (χ4n) is 3.22. The fraction of sp³-hybridized carbons (Fsp3) is 0.500. The van der Waals surface area contributed by atoms with E-state index in [-0.39, 0.29) is 11.8 Å². The molecular formula is C14H18N2O. The van der Waals surface area contributed by atoms with Gasteiger partial charge in [-0.25, -0.2) is 0 Å². The molecule has 2 aliphatic carbocycles. The highest BCUT2D eigenvalue weighted by Crippen LogP contribution is 2.57. The maximum atomic E-state index is 12.1. The molecule has 0 saturated heterocycles. The number of benzene rings is 1. The molecule has 2 unspecified atom stereocenters. The summed E-state index contributed by atoms with van der Waals surface area (Å²) in [5, 5.41) is 2.96. The van der Waals surface area contributed by atoms with Crippen LogP contribution in [0.25, 0.3) is 0 Å². The van der Waals surface area contributed by atoms with E-state index >= 15 is 0 Å². The third-order valence-electron chi connectivity index (χ3n) is 4.17. The number of carbonyl (C=O) groups excluding carboxylic acids is 1. The van der Waals surface area contributed by atoms with Gasteiger partial charge in [-0.3, -0.25) is 4.79 Å². The van der Waals surface area contributed by atoms with Gasteiger partial charge in [0.15, 0.2) is 0 Å². The number of nitrogen functional groups attached to an aromatic ring is 1. The third-order valence-corrected chi connectivity index (χ3v) is 4.17. The summed E-state index contributed by atoms with van der Waals surface area (Å²) in [6, 6.07) is 5.75. The average Bonchev–Trinajstić information content (AvgIpc) is 2.77. The van der Waals surface area contributed by atoms with Crippen LogP contribution in [0.15, 0.2) is 18.2 Å². The predicted molar refractivity (Wildman–Crippen MR) is 68.5 cm³/mol. The van der Waals surface area contributed by atoms with Gasteiger partial charge in [0.1, 0.15) is 0 Å². The van der Waals surface area contributed by atoms with Crippen LogP contribution in [0.2, 0.25) is 0 Å². The van der Waals surface area contributed by atoms with E-state index in [2.05, 4.69) is 5.32 Å². The summed E-state index contributed by atoms with van der Waals surface area (Å²) in [6.07, 6.45) is 3.75. The number of carbonyl (C=O) groups is 1. The zero-order chi connectivity index (χ0) is 12.0. The Labute approximate surface area is 101 Å². The van der Waals surface area contributed by atoms with Crippen LogP contribution in [-0.2, 0) is 4.79 Å². The van der Waals surface area contributed by atoms with Gasteiger partial charge in [0.2, 0.25) is 5.91 Å². The Morgan fingerprint density at radius 1 is 1.35 bits per heavy atom. The molecule has 1 aromatic rings. The maximum Gasteiger partial charge on any atom is 0.228 e. The van der Waals surface area contributed by atoms with Crippen molar-refractivity contribution in [2.45, 2.75) is 26.2 Å². The second kappa shape index (κ2) is 3.76. The molecule has 3 heteroatoms. The number of nitrogens with two attached hydrogens (primary N) is 1. The van der Waals surface area contributed by atoms with Crippen LogP contribution in [0, 0.1) is 24.7 Å². The Morgan fingerprint density at radius 3 is 2.71 bits per heavy atom. The highest BCUT2D eigenvalue weighted by atomic mass is 16.2. The molecule has 2 fully saturated rings. The molecule has 3 rings (SSSR count). The monoisotopic (exact) mass is 230 g/mol. The Morgan fingerprint density at radius 2 is 2.06 bits per heavy atom. The molecule has 0 heterocycles. The number of hydrogen-bond donors (Lipinski definition) is 2. The van der Waals surface area contributed by atoms with E-state index in [0.717, 1.165) is 11.3 Å². The van der Waals surface area contributed by atoms with Gasteiger partial charge in [-0.2, -0.15) is 0 Å². The largest absolute Gasteiger partial charge is 0.397 e. The lowest BCUT2D eigenvalue weighted by atomic mass is 10.1. The lowest BCUT2D eigenvalue weighted by Gasteiger charge is -2.09. The van der Waals surface area contributed by atoms with Crippen molar-refractivity contribution in [1.82, 2.24) is 0 Å². The number of aryl methyl sites for hydroxylation is 1. The molecule has 0 aliphatic heterocycles. The van der Waals surface area contributed by atoms with E-state index in [0.29, 0.717) is 17.5 Å². The SMILES string of the molecule is Cc1ccc(NC(=O)C2C3CCCC32)c(N)c1. The minimum absolute atomic E-state index is 0.162. The van der Waals surface area contributed by atoms with Gasteiger partial charge in [0.25, 0.3) is 0 Å². The fourth-order valence-corrected chi connectivity index (χ4v) is 3.22. The van der Waals surface area contributed by atoms with Crippen LogP contribution in [0.3, 0.4) is 0 Å². The third kappa shape index (κ3) is 1.79. The van der Waals surface area contributed by atoms with Gasteiger partial charge in [-0.05, 0) is 49.3 Å². The van der Waals surface area contributed by atoms with Gasteiger partial charge in [-0.1, -0.05) is 12.5 Å². The van der Waals surface area contributed by atoms with Crippen LogP contribution in [-0.4, -0.2) is 5.91 Å². The molecule has 1 aromatic carbocycles. The highest BCUT2D eigenvalue weighted by Gasteiger charge is 2.56. The van der Waals surface area contributed by atoms with Gasteiger partial charge < -0.3 is 11.1 Å². The molecule has 1 amide bonds. The molecular weight excluding hydrogens is 212 g/mol. The number of hydrogen-bond acceptors (Lipinski definition) is 2. The molecule has 0 bridgehead atoms. The summed E-state index contributed by atoms with van der Waals surface area (Å²) in [5.41, 5.74) is 8.42. The Bertz CT molecular complexity index is 459. The summed E-state index contributed by atoms with van der Waals surface area (Å²) in [6.45, 7) is 1.99. The quantitative estimate of drug-likeness (QED) is 0.767. The zero-order valence-electron chi connectivity index (χ0n) is 10.1. The van der Waals surface area contributed by atoms with E-state index in [1.807, 2.05) is 25.1 Å². The number of nitrogens with one attached hydrogen (secondary N) is 1. The van der Waals surface area contributed by atoms with Crippen molar-refractivity contribution in [3.8, 4) is 0 Å². The van der Waals surface area contributed by atoms with Gasteiger partial charge in [0.05, 0.1) is 11.4 Å². The summed E-state index contributed by atoms with van der Waals surface area (Å²) >= 11 is 0.